The summed E-state index contributed by atoms with van der Waals surface area (Å²) in [4.78, 5) is 138. The molecule has 25 nitrogen and oxygen atoms in total. The Kier molecular flexibility index (Phi) is 20.0. The Hall–Kier alpha value is -8.49. The Morgan fingerprint density at radius 2 is 1.48 bits per heavy atom. The molecule has 79 heavy (non-hydrogen) atoms. The third kappa shape index (κ3) is 15.0. The number of nitrogens with zero attached hydrogens (tertiary/aromatic N) is 3. The van der Waals surface area contributed by atoms with Crippen LogP contribution in [0.2, 0.25) is 0 Å². The van der Waals surface area contributed by atoms with E-state index in [1.54, 1.807) is 34.9 Å². The second kappa shape index (κ2) is 27.2. The summed E-state index contributed by atoms with van der Waals surface area (Å²) < 4.78 is 37.1. The number of likely N-dealkylation sites (tertiary alicyclic amines) is 1. The van der Waals surface area contributed by atoms with Crippen LogP contribution in [0.25, 0.3) is 22.3 Å². The predicted molar refractivity (Wildman–Crippen MR) is 275 cm³/mol. The number of carbonyl (C=O) groups excluding carboxylic acids is 10. The first-order chi connectivity index (χ1) is 37.9. The molecule has 1 saturated heterocycles. The Labute approximate surface area is 451 Å². The van der Waals surface area contributed by atoms with Crippen LogP contribution in [0.5, 0.6) is 0 Å². The maximum Gasteiger partial charge on any atom is 0.340 e. The van der Waals surface area contributed by atoms with E-state index in [4.69, 9.17) is 29.7 Å². The average molecular weight is 1100 g/mol. The number of ether oxygens (including phenoxy) is 4. The fraction of sp³-hybridized carbons (Fsp3) is 0.434. The highest BCUT2D eigenvalue weighted by Crippen LogP contribution is 2.42. The fourth-order valence-corrected chi connectivity index (χ4v) is 9.42. The van der Waals surface area contributed by atoms with Gasteiger partial charge in [0, 0.05) is 61.9 Å². The van der Waals surface area contributed by atoms with Crippen LogP contribution in [0.1, 0.15) is 77.2 Å². The zero-order valence-electron chi connectivity index (χ0n) is 43.6. The van der Waals surface area contributed by atoms with Crippen LogP contribution in [0.3, 0.4) is 0 Å². The molecule has 26 heteroatoms. The SMILES string of the molecule is COC1C(=O)OCc2c1cc1n(c2=O)Cc2c-1nc1cc(F)c(C)c3c1c2CCC3.NC(=O)CC(=O)NCCOCNC(=O)CNC(=O)C(Cc1ccccc1)NC(=O)CNC(=O)CNC(=O)CCOCCN1C(=O)CCC1=O. The molecule has 0 spiro atoms. The lowest BCUT2D eigenvalue weighted by atomic mass is 9.85. The van der Waals surface area contributed by atoms with Gasteiger partial charge < -0.3 is 61.1 Å². The van der Waals surface area contributed by atoms with Crippen LogP contribution < -0.4 is 43.2 Å². The second-order valence-electron chi connectivity index (χ2n) is 18.7. The molecule has 1 aliphatic carbocycles. The van der Waals surface area contributed by atoms with Gasteiger partial charge in [0.2, 0.25) is 53.2 Å². The number of halogens is 1. The summed E-state index contributed by atoms with van der Waals surface area (Å²) in [7, 11) is 1.42. The fourth-order valence-electron chi connectivity index (χ4n) is 9.42. The normalized spacial score (nSPS) is 15.1. The van der Waals surface area contributed by atoms with Gasteiger partial charge in [-0.1, -0.05) is 30.3 Å². The predicted octanol–water partition coefficient (Wildman–Crippen LogP) is -1.19. The van der Waals surface area contributed by atoms with Gasteiger partial charge in [0.05, 0.1) is 75.0 Å². The Bertz CT molecular complexity index is 3100. The van der Waals surface area contributed by atoms with Crippen LogP contribution in [0, 0.1) is 12.7 Å². The van der Waals surface area contributed by atoms with Crippen molar-refractivity contribution < 1.29 is 71.3 Å². The molecule has 9 amide bonds. The van der Waals surface area contributed by atoms with Gasteiger partial charge in [0.15, 0.2) is 6.10 Å². The van der Waals surface area contributed by atoms with Crippen molar-refractivity contribution in [3.8, 4) is 11.4 Å². The molecule has 0 saturated carbocycles. The molecule has 2 unspecified atom stereocenters. The summed E-state index contributed by atoms with van der Waals surface area (Å²) in [6.45, 7) is 0.946. The number of imide groups is 1. The molecule has 3 aliphatic heterocycles. The van der Waals surface area contributed by atoms with E-state index < -0.39 is 85.5 Å². The number of methoxy groups -OCH3 is 1. The molecular formula is C53H61FN10O15. The zero-order chi connectivity index (χ0) is 56.8. The third-order valence-electron chi connectivity index (χ3n) is 13.4. The summed E-state index contributed by atoms with van der Waals surface area (Å²) in [5.74, 6) is -5.70. The van der Waals surface area contributed by atoms with Crippen molar-refractivity contribution in [2.75, 3.05) is 66.4 Å². The van der Waals surface area contributed by atoms with Crippen molar-refractivity contribution >= 4 is 70.0 Å². The number of pyridine rings is 2. The van der Waals surface area contributed by atoms with Gasteiger partial charge in [0.25, 0.3) is 5.56 Å². The van der Waals surface area contributed by atoms with E-state index in [9.17, 15) is 57.1 Å². The van der Waals surface area contributed by atoms with Gasteiger partial charge in [0.1, 0.15) is 31.6 Å². The molecule has 8 N–H and O–H groups in total. The van der Waals surface area contributed by atoms with Crippen molar-refractivity contribution in [2.45, 2.75) is 83.6 Å². The van der Waals surface area contributed by atoms with Crippen LogP contribution in [-0.2, 0) is 99.3 Å². The van der Waals surface area contributed by atoms with Gasteiger partial charge in [-0.3, -0.25) is 52.8 Å². The zero-order valence-corrected chi connectivity index (χ0v) is 43.6. The minimum absolute atomic E-state index is 0.00801. The van der Waals surface area contributed by atoms with Crippen LogP contribution in [0.15, 0.2) is 47.3 Å². The number of hydrogen-bond donors (Lipinski definition) is 7. The summed E-state index contributed by atoms with van der Waals surface area (Å²) >= 11 is 0. The lowest BCUT2D eigenvalue weighted by molar-refractivity contribution is -0.159. The Balaban J connectivity index is 0.000000253. The number of esters is 1. The number of rotatable bonds is 24. The van der Waals surface area contributed by atoms with Crippen molar-refractivity contribution in [2.24, 2.45) is 5.73 Å². The number of benzene rings is 2. The topological polar surface area (TPSA) is 344 Å². The van der Waals surface area contributed by atoms with E-state index in [2.05, 4.69) is 31.9 Å². The number of nitrogens with two attached hydrogens (primary N) is 1. The van der Waals surface area contributed by atoms with Gasteiger partial charge >= 0.3 is 5.97 Å². The molecule has 2 aromatic heterocycles. The van der Waals surface area contributed by atoms with E-state index >= 15 is 0 Å². The first-order valence-corrected chi connectivity index (χ1v) is 25.5. The lowest BCUT2D eigenvalue weighted by Gasteiger charge is -2.24. The first kappa shape index (κ1) is 58.2. The van der Waals surface area contributed by atoms with Gasteiger partial charge in [-0.15, -0.1) is 0 Å². The van der Waals surface area contributed by atoms with E-state index in [0.29, 0.717) is 40.1 Å². The minimum atomic E-state index is -1.10. The average Bonchev–Trinajstić information content (AvgIpc) is 4.21. The minimum Gasteiger partial charge on any atom is -0.458 e. The van der Waals surface area contributed by atoms with Gasteiger partial charge in [-0.2, -0.15) is 0 Å². The number of cyclic esters (lactones) is 1. The summed E-state index contributed by atoms with van der Waals surface area (Å²) in [5, 5.41) is 15.5. The number of fused-ring (bicyclic) bond motifs is 5. The van der Waals surface area contributed by atoms with E-state index in [1.807, 2.05) is 13.0 Å². The van der Waals surface area contributed by atoms with Gasteiger partial charge in [-0.05, 0) is 54.5 Å². The highest BCUT2D eigenvalue weighted by molar-refractivity contribution is 6.02. The van der Waals surface area contributed by atoms with E-state index in [1.165, 1.54) is 13.2 Å². The summed E-state index contributed by atoms with van der Waals surface area (Å²) in [6.07, 6.45) is 1.66. The highest BCUT2D eigenvalue weighted by Gasteiger charge is 2.37. The molecule has 0 radical (unpaired) electrons. The summed E-state index contributed by atoms with van der Waals surface area (Å²) in [5.41, 5.74) is 12.3. The number of aromatic nitrogens is 2. The molecule has 5 heterocycles. The second-order valence-corrected chi connectivity index (χ2v) is 18.7. The first-order valence-electron chi connectivity index (χ1n) is 25.5. The largest absolute Gasteiger partial charge is 0.458 e. The van der Waals surface area contributed by atoms with Crippen LogP contribution >= 0.6 is 0 Å². The molecule has 1 fully saturated rings. The Morgan fingerprint density at radius 1 is 0.785 bits per heavy atom. The van der Waals surface area contributed by atoms with E-state index in [-0.39, 0.29) is 95.1 Å². The number of nitrogens with one attached hydrogen (secondary N) is 6. The Morgan fingerprint density at radius 3 is 2.22 bits per heavy atom. The third-order valence-corrected chi connectivity index (χ3v) is 13.4. The van der Waals surface area contributed by atoms with Crippen LogP contribution in [0.4, 0.5) is 4.39 Å². The standard InChI is InChI=1S/C30H42N8O11.C23H19FN2O4/c31-22(39)15-24(41)32-9-12-49-19-36-26(43)17-35-30(47)21(14-20-4-2-1-3-5-20)37-27(44)18-34-25(42)16-33-23(40)8-11-48-13-10-38-28(45)6-7-29(38)46;1-10-11-4-3-5-12-14-8-26-18(20(14)25-17(19(11)12)7-16(10)24)6-13-15(22(26)27)9-30-23(28)21(13)29-2/h1-5,21H,6-19H2,(H2,31,39)(H,32,41)(H,33,40)(H,34,42)(H,35,47)(H,36,43)(H,37,44);6-7,21H,3-5,8-9H2,1-2H3. The molecule has 4 aromatic rings. The quantitative estimate of drug-likeness (QED) is 0.0126. The number of primary amides is 1. The number of carbonyl (C=O) groups is 10. The lowest BCUT2D eigenvalue weighted by Crippen LogP contribution is -2.52. The van der Waals surface area contributed by atoms with Crippen molar-refractivity contribution in [3.05, 3.63) is 97.6 Å². The van der Waals surface area contributed by atoms with E-state index in [0.717, 1.165) is 51.8 Å². The maximum absolute atomic E-state index is 14.6. The molecule has 8 rings (SSSR count). The number of hydrogen-bond acceptors (Lipinski definition) is 16. The van der Waals surface area contributed by atoms with Gasteiger partial charge in [-0.25, -0.2) is 14.2 Å². The maximum atomic E-state index is 14.6. The van der Waals surface area contributed by atoms with Crippen LogP contribution in [-0.4, -0.2) is 146 Å². The molecule has 0 bridgehead atoms. The van der Waals surface area contributed by atoms with Crippen molar-refractivity contribution in [1.82, 2.24) is 46.4 Å². The molecule has 2 atom stereocenters. The summed E-state index contributed by atoms with van der Waals surface area (Å²) in [6, 6.07) is 11.0. The number of aryl methyl sites for hydroxylation is 2. The van der Waals surface area contributed by atoms with Crippen molar-refractivity contribution in [1.29, 1.82) is 0 Å². The number of amides is 9. The van der Waals surface area contributed by atoms with Crippen molar-refractivity contribution in [3.63, 3.8) is 0 Å². The monoisotopic (exact) mass is 1100 g/mol. The molecule has 420 valence electrons. The molecular weight excluding hydrogens is 1040 g/mol. The highest BCUT2D eigenvalue weighted by atomic mass is 19.1. The molecule has 2 aromatic carbocycles. The smallest absolute Gasteiger partial charge is 0.340 e. The molecule has 4 aliphatic rings.